The SMILES string of the molecule is Cc1cc(C(=O)c2cscc2Br)cc(C)n1. The number of aryl methyl sites for hydroxylation is 2. The summed E-state index contributed by atoms with van der Waals surface area (Å²) in [6.45, 7) is 3.79. The Balaban J connectivity index is 2.45. The zero-order valence-corrected chi connectivity index (χ0v) is 11.4. The van der Waals surface area contributed by atoms with Crippen molar-refractivity contribution >= 4 is 33.0 Å². The van der Waals surface area contributed by atoms with Crippen LogP contribution in [0, 0.1) is 13.8 Å². The second kappa shape index (κ2) is 4.47. The number of carbonyl (C=O) groups is 1. The molecular weight excluding hydrogens is 286 g/mol. The molecule has 0 aliphatic rings. The lowest BCUT2D eigenvalue weighted by molar-refractivity contribution is 0.103. The highest BCUT2D eigenvalue weighted by atomic mass is 79.9. The van der Waals surface area contributed by atoms with Gasteiger partial charge in [-0.05, 0) is 41.9 Å². The van der Waals surface area contributed by atoms with E-state index in [1.165, 1.54) is 11.3 Å². The predicted molar refractivity (Wildman–Crippen MR) is 69.2 cm³/mol. The van der Waals surface area contributed by atoms with Crippen LogP contribution < -0.4 is 0 Å². The normalized spacial score (nSPS) is 10.4. The number of carbonyl (C=O) groups excluding carboxylic acids is 1. The fraction of sp³-hybridized carbons (Fsp3) is 0.167. The summed E-state index contributed by atoms with van der Waals surface area (Å²) in [6, 6.07) is 3.64. The Morgan fingerprint density at radius 1 is 1.25 bits per heavy atom. The van der Waals surface area contributed by atoms with E-state index in [0.717, 1.165) is 21.4 Å². The van der Waals surface area contributed by atoms with Crippen LogP contribution in [0.2, 0.25) is 0 Å². The Hall–Kier alpha value is -1.00. The minimum atomic E-state index is 0.0433. The molecule has 2 nitrogen and oxygen atoms in total. The van der Waals surface area contributed by atoms with Crippen LogP contribution in [0.25, 0.3) is 0 Å². The average molecular weight is 296 g/mol. The largest absolute Gasteiger partial charge is 0.289 e. The number of pyridine rings is 1. The van der Waals surface area contributed by atoms with Crippen LogP contribution in [0.5, 0.6) is 0 Å². The molecule has 0 N–H and O–H groups in total. The summed E-state index contributed by atoms with van der Waals surface area (Å²) in [6.07, 6.45) is 0. The third-order valence-electron chi connectivity index (χ3n) is 2.20. The average Bonchev–Trinajstić information content (AvgIpc) is 2.62. The third-order valence-corrected chi connectivity index (χ3v) is 3.91. The summed E-state index contributed by atoms with van der Waals surface area (Å²) in [4.78, 5) is 16.4. The summed E-state index contributed by atoms with van der Waals surface area (Å²) in [5.74, 6) is 0.0433. The van der Waals surface area contributed by atoms with Crippen molar-refractivity contribution in [3.8, 4) is 0 Å². The number of rotatable bonds is 2. The van der Waals surface area contributed by atoms with E-state index in [1.807, 2.05) is 36.7 Å². The summed E-state index contributed by atoms with van der Waals surface area (Å²) in [7, 11) is 0. The molecule has 0 aromatic carbocycles. The van der Waals surface area contributed by atoms with E-state index in [1.54, 1.807) is 0 Å². The molecule has 0 atom stereocenters. The molecule has 0 radical (unpaired) electrons. The highest BCUT2D eigenvalue weighted by Gasteiger charge is 2.14. The van der Waals surface area contributed by atoms with Crippen molar-refractivity contribution in [2.45, 2.75) is 13.8 Å². The van der Waals surface area contributed by atoms with Gasteiger partial charge in [0.1, 0.15) is 0 Å². The van der Waals surface area contributed by atoms with Crippen molar-refractivity contribution in [3.63, 3.8) is 0 Å². The highest BCUT2D eigenvalue weighted by molar-refractivity contribution is 9.10. The van der Waals surface area contributed by atoms with Crippen molar-refractivity contribution < 1.29 is 4.79 Å². The Morgan fingerprint density at radius 2 is 1.88 bits per heavy atom. The summed E-state index contributed by atoms with van der Waals surface area (Å²) < 4.78 is 0.856. The van der Waals surface area contributed by atoms with Gasteiger partial charge in [0.15, 0.2) is 5.78 Å². The number of ketones is 1. The molecule has 0 unspecified atom stereocenters. The van der Waals surface area contributed by atoms with E-state index in [-0.39, 0.29) is 5.78 Å². The maximum absolute atomic E-state index is 12.2. The van der Waals surface area contributed by atoms with Crippen molar-refractivity contribution in [1.82, 2.24) is 4.98 Å². The van der Waals surface area contributed by atoms with Crippen LogP contribution in [-0.4, -0.2) is 10.8 Å². The van der Waals surface area contributed by atoms with E-state index in [9.17, 15) is 4.79 Å². The van der Waals surface area contributed by atoms with Gasteiger partial charge >= 0.3 is 0 Å². The third kappa shape index (κ3) is 2.23. The molecule has 2 aromatic rings. The first kappa shape index (κ1) is 11.5. The van der Waals surface area contributed by atoms with Gasteiger partial charge in [-0.2, -0.15) is 11.3 Å². The summed E-state index contributed by atoms with van der Waals surface area (Å²) in [5.41, 5.74) is 3.16. The Bertz CT molecular complexity index is 527. The lowest BCUT2D eigenvalue weighted by Crippen LogP contribution is -2.02. The molecule has 0 saturated heterocycles. The molecule has 2 rings (SSSR count). The van der Waals surface area contributed by atoms with Gasteiger partial charge in [-0.15, -0.1) is 0 Å². The van der Waals surface area contributed by atoms with Crippen molar-refractivity contribution in [1.29, 1.82) is 0 Å². The van der Waals surface area contributed by atoms with Gasteiger partial charge in [0.2, 0.25) is 0 Å². The van der Waals surface area contributed by atoms with Crippen LogP contribution >= 0.6 is 27.3 Å². The number of hydrogen-bond acceptors (Lipinski definition) is 3. The molecule has 0 spiro atoms. The van der Waals surface area contributed by atoms with Gasteiger partial charge < -0.3 is 0 Å². The molecule has 0 saturated carbocycles. The van der Waals surface area contributed by atoms with Crippen molar-refractivity contribution in [2.24, 2.45) is 0 Å². The Kier molecular flexibility index (Phi) is 3.21. The smallest absolute Gasteiger partial charge is 0.195 e. The fourth-order valence-electron chi connectivity index (χ4n) is 1.56. The molecule has 0 aliphatic heterocycles. The van der Waals surface area contributed by atoms with Gasteiger partial charge in [-0.25, -0.2) is 0 Å². The molecule has 0 bridgehead atoms. The maximum Gasteiger partial charge on any atom is 0.195 e. The van der Waals surface area contributed by atoms with Crippen LogP contribution in [0.4, 0.5) is 0 Å². The topological polar surface area (TPSA) is 30.0 Å². The van der Waals surface area contributed by atoms with Gasteiger partial charge in [0.05, 0.1) is 0 Å². The molecule has 0 fully saturated rings. The highest BCUT2D eigenvalue weighted by Crippen LogP contribution is 2.24. The minimum Gasteiger partial charge on any atom is -0.289 e. The first-order valence-electron chi connectivity index (χ1n) is 4.79. The lowest BCUT2D eigenvalue weighted by atomic mass is 10.1. The van der Waals surface area contributed by atoms with E-state index < -0.39 is 0 Å². The Labute approximate surface area is 106 Å². The van der Waals surface area contributed by atoms with Crippen LogP contribution in [0.3, 0.4) is 0 Å². The van der Waals surface area contributed by atoms with Gasteiger partial charge in [-0.1, -0.05) is 0 Å². The summed E-state index contributed by atoms with van der Waals surface area (Å²) in [5, 5.41) is 3.77. The van der Waals surface area contributed by atoms with E-state index in [4.69, 9.17) is 0 Å². The standard InChI is InChI=1S/C12H10BrNOS/c1-7-3-9(4-8(2)14-7)12(15)10-5-16-6-11(10)13/h3-6H,1-2H3. The number of halogens is 1. The maximum atomic E-state index is 12.2. The quantitative estimate of drug-likeness (QED) is 0.790. The van der Waals surface area contributed by atoms with Gasteiger partial charge in [-0.3, -0.25) is 9.78 Å². The zero-order valence-electron chi connectivity index (χ0n) is 8.95. The van der Waals surface area contributed by atoms with Gasteiger partial charge in [0.25, 0.3) is 0 Å². The monoisotopic (exact) mass is 295 g/mol. The number of hydrogen-bond donors (Lipinski definition) is 0. The Morgan fingerprint density at radius 3 is 2.38 bits per heavy atom. The number of aromatic nitrogens is 1. The summed E-state index contributed by atoms with van der Waals surface area (Å²) >= 11 is 4.89. The van der Waals surface area contributed by atoms with E-state index >= 15 is 0 Å². The second-order valence-corrected chi connectivity index (χ2v) is 5.20. The van der Waals surface area contributed by atoms with E-state index in [0.29, 0.717) is 5.56 Å². The van der Waals surface area contributed by atoms with Crippen molar-refractivity contribution in [2.75, 3.05) is 0 Å². The van der Waals surface area contributed by atoms with Crippen LogP contribution in [0.15, 0.2) is 27.4 Å². The predicted octanol–water partition coefficient (Wildman–Crippen LogP) is 3.75. The molecule has 16 heavy (non-hydrogen) atoms. The molecule has 2 heterocycles. The second-order valence-electron chi connectivity index (χ2n) is 3.60. The molecular formula is C12H10BrNOS. The van der Waals surface area contributed by atoms with Crippen LogP contribution in [-0.2, 0) is 0 Å². The van der Waals surface area contributed by atoms with E-state index in [2.05, 4.69) is 20.9 Å². The number of nitrogens with zero attached hydrogens (tertiary/aromatic N) is 1. The van der Waals surface area contributed by atoms with Crippen molar-refractivity contribution in [3.05, 3.63) is 49.9 Å². The zero-order chi connectivity index (χ0) is 11.7. The molecule has 0 aliphatic carbocycles. The number of thiophene rings is 1. The molecule has 2 aromatic heterocycles. The lowest BCUT2D eigenvalue weighted by Gasteiger charge is -2.02. The van der Waals surface area contributed by atoms with Gasteiger partial charge in [0, 0.05) is 37.7 Å². The minimum absolute atomic E-state index is 0.0433. The molecule has 82 valence electrons. The first-order valence-corrected chi connectivity index (χ1v) is 6.53. The van der Waals surface area contributed by atoms with Crippen LogP contribution in [0.1, 0.15) is 27.3 Å². The molecule has 0 amide bonds. The molecule has 4 heteroatoms. The fourth-order valence-corrected chi connectivity index (χ4v) is 3.02. The first-order chi connectivity index (χ1) is 7.58.